The number of nitrogens with zero attached hydrogens (tertiary/aromatic N) is 4. The quantitative estimate of drug-likeness (QED) is 0.491. The molecule has 0 unspecified atom stereocenters. The van der Waals surface area contributed by atoms with E-state index in [4.69, 9.17) is 9.72 Å². The van der Waals surface area contributed by atoms with Crippen molar-refractivity contribution in [2.45, 2.75) is 13.5 Å². The third-order valence-electron chi connectivity index (χ3n) is 4.49. The number of ether oxygens (including phenoxy) is 1. The van der Waals surface area contributed by atoms with Crippen LogP contribution in [-0.2, 0) is 6.54 Å². The molecule has 0 spiro atoms. The summed E-state index contributed by atoms with van der Waals surface area (Å²) in [5, 5.41) is 5.70. The van der Waals surface area contributed by atoms with Crippen molar-refractivity contribution in [3.8, 4) is 17.1 Å². The molecule has 0 saturated heterocycles. The van der Waals surface area contributed by atoms with Crippen molar-refractivity contribution in [3.05, 3.63) is 67.1 Å². The molecule has 4 aromatic rings. The molecule has 0 radical (unpaired) electrons. The lowest BCUT2D eigenvalue weighted by atomic mass is 10.2. The van der Waals surface area contributed by atoms with Crippen molar-refractivity contribution >= 4 is 22.9 Å². The summed E-state index contributed by atoms with van der Waals surface area (Å²) in [6.07, 6.45) is 5.20. The van der Waals surface area contributed by atoms with Gasteiger partial charge in [0.25, 0.3) is 0 Å². The first kappa shape index (κ1) is 19.4. The number of nitrogens with one attached hydrogen (secondary N) is 2. The van der Waals surface area contributed by atoms with Gasteiger partial charge >= 0.3 is 6.03 Å². The Balaban J connectivity index is 1.43. The Morgan fingerprint density at radius 1 is 1.07 bits per heavy atom. The van der Waals surface area contributed by atoms with Crippen molar-refractivity contribution in [3.63, 3.8) is 0 Å². The van der Waals surface area contributed by atoms with Crippen molar-refractivity contribution in [1.82, 2.24) is 24.8 Å². The summed E-state index contributed by atoms with van der Waals surface area (Å²) in [7, 11) is 0. The predicted octanol–water partition coefficient (Wildman–Crippen LogP) is 3.71. The minimum atomic E-state index is -0.276. The Hall–Kier alpha value is -3.94. The van der Waals surface area contributed by atoms with Crippen LogP contribution in [0.2, 0.25) is 0 Å². The Bertz CT molecular complexity index is 1130. The molecule has 152 valence electrons. The van der Waals surface area contributed by atoms with Gasteiger partial charge in [-0.1, -0.05) is 0 Å². The molecule has 8 nitrogen and oxygen atoms in total. The van der Waals surface area contributed by atoms with Crippen LogP contribution in [0.25, 0.3) is 22.6 Å². The third kappa shape index (κ3) is 4.38. The van der Waals surface area contributed by atoms with Crippen LogP contribution in [0.15, 0.2) is 67.1 Å². The summed E-state index contributed by atoms with van der Waals surface area (Å²) in [5.41, 5.74) is 3.23. The first-order chi connectivity index (χ1) is 14.7. The summed E-state index contributed by atoms with van der Waals surface area (Å²) >= 11 is 0. The van der Waals surface area contributed by atoms with Crippen LogP contribution in [0.3, 0.4) is 0 Å². The lowest BCUT2D eigenvalue weighted by Gasteiger charge is -2.11. The molecule has 0 aliphatic rings. The van der Waals surface area contributed by atoms with Crippen molar-refractivity contribution in [1.29, 1.82) is 0 Å². The number of amides is 2. The number of benzene rings is 1. The van der Waals surface area contributed by atoms with Gasteiger partial charge in [0.1, 0.15) is 17.1 Å². The number of fused-ring (bicyclic) bond motifs is 1. The van der Waals surface area contributed by atoms with Crippen molar-refractivity contribution in [2.75, 3.05) is 18.5 Å². The van der Waals surface area contributed by atoms with Crippen LogP contribution in [0, 0.1) is 0 Å². The van der Waals surface area contributed by atoms with Gasteiger partial charge in [-0.15, -0.1) is 0 Å². The number of anilines is 1. The number of pyridine rings is 2. The highest BCUT2D eigenvalue weighted by Crippen LogP contribution is 2.22. The number of hydrogen-bond donors (Lipinski definition) is 2. The van der Waals surface area contributed by atoms with Crippen LogP contribution in [0.1, 0.15) is 6.92 Å². The average Bonchev–Trinajstić information content (AvgIpc) is 3.15. The van der Waals surface area contributed by atoms with E-state index in [0.717, 1.165) is 28.3 Å². The highest BCUT2D eigenvalue weighted by Gasteiger charge is 2.13. The summed E-state index contributed by atoms with van der Waals surface area (Å²) in [5.74, 6) is 1.56. The number of aromatic nitrogens is 4. The average molecular weight is 402 g/mol. The van der Waals surface area contributed by atoms with E-state index in [9.17, 15) is 4.79 Å². The fourth-order valence-electron chi connectivity index (χ4n) is 3.15. The smallest absolute Gasteiger partial charge is 0.319 e. The SMILES string of the molecule is CCOc1ccc(NC(=O)NCCn2c(-c3ccncc3)nc3cccnc32)cc1. The zero-order valence-corrected chi connectivity index (χ0v) is 16.6. The predicted molar refractivity (Wildman–Crippen MR) is 115 cm³/mol. The minimum absolute atomic E-state index is 0.276. The maximum Gasteiger partial charge on any atom is 0.319 e. The molecule has 0 fully saturated rings. The molecule has 3 heterocycles. The van der Waals surface area contributed by atoms with E-state index in [1.165, 1.54) is 0 Å². The fraction of sp³-hybridized carbons (Fsp3) is 0.182. The zero-order valence-electron chi connectivity index (χ0n) is 16.6. The standard InChI is InChI=1S/C22H22N6O2/c1-2-30-18-7-5-17(6-8-18)26-22(29)25-14-15-28-20(16-9-12-23-13-10-16)27-19-4-3-11-24-21(19)28/h3-13H,2,14-15H2,1H3,(H2,25,26,29). The molecule has 30 heavy (non-hydrogen) atoms. The van der Waals surface area contributed by atoms with Gasteiger partial charge in [0.05, 0.1) is 6.61 Å². The van der Waals surface area contributed by atoms with Gasteiger partial charge in [-0.25, -0.2) is 14.8 Å². The minimum Gasteiger partial charge on any atom is -0.494 e. The highest BCUT2D eigenvalue weighted by molar-refractivity contribution is 5.89. The van der Waals surface area contributed by atoms with Gasteiger partial charge in [0, 0.05) is 42.9 Å². The second-order valence-corrected chi connectivity index (χ2v) is 6.51. The molecule has 3 aromatic heterocycles. The van der Waals surface area contributed by atoms with Gasteiger partial charge in [0.2, 0.25) is 0 Å². The second kappa shape index (κ2) is 9.04. The Labute approximate surface area is 174 Å². The lowest BCUT2D eigenvalue weighted by Crippen LogP contribution is -2.31. The molecule has 4 rings (SSSR count). The van der Waals surface area contributed by atoms with Gasteiger partial charge in [0.15, 0.2) is 5.65 Å². The van der Waals surface area contributed by atoms with Crippen LogP contribution < -0.4 is 15.4 Å². The summed E-state index contributed by atoms with van der Waals surface area (Å²) < 4.78 is 7.41. The molecule has 0 bridgehead atoms. The number of rotatable bonds is 7. The van der Waals surface area contributed by atoms with E-state index in [0.29, 0.717) is 25.4 Å². The molecule has 1 aromatic carbocycles. The van der Waals surface area contributed by atoms with Crippen molar-refractivity contribution < 1.29 is 9.53 Å². The Kier molecular flexibility index (Phi) is 5.84. The normalized spacial score (nSPS) is 10.7. The number of carbonyl (C=O) groups excluding carboxylic acids is 1. The molecule has 0 aliphatic carbocycles. The molecule has 2 amide bonds. The molecule has 8 heteroatoms. The lowest BCUT2D eigenvalue weighted by molar-refractivity contribution is 0.251. The Morgan fingerprint density at radius 2 is 1.87 bits per heavy atom. The number of carbonyl (C=O) groups is 1. The van der Waals surface area contributed by atoms with Gasteiger partial charge in [-0.2, -0.15) is 0 Å². The monoisotopic (exact) mass is 402 g/mol. The highest BCUT2D eigenvalue weighted by atomic mass is 16.5. The second-order valence-electron chi connectivity index (χ2n) is 6.51. The zero-order chi connectivity index (χ0) is 20.8. The first-order valence-corrected chi connectivity index (χ1v) is 9.74. The molecule has 0 atom stereocenters. The topological polar surface area (TPSA) is 94.0 Å². The van der Waals surface area contributed by atoms with Gasteiger partial charge in [-0.05, 0) is 55.5 Å². The fourth-order valence-corrected chi connectivity index (χ4v) is 3.15. The van der Waals surface area contributed by atoms with Crippen LogP contribution in [-0.4, -0.2) is 38.7 Å². The van der Waals surface area contributed by atoms with Gasteiger partial charge in [-0.3, -0.25) is 4.98 Å². The van der Waals surface area contributed by atoms with Crippen LogP contribution in [0.5, 0.6) is 5.75 Å². The largest absolute Gasteiger partial charge is 0.494 e. The molecular weight excluding hydrogens is 380 g/mol. The maximum absolute atomic E-state index is 12.3. The van der Waals surface area contributed by atoms with E-state index < -0.39 is 0 Å². The van der Waals surface area contributed by atoms with E-state index in [-0.39, 0.29) is 6.03 Å². The third-order valence-corrected chi connectivity index (χ3v) is 4.49. The van der Waals surface area contributed by atoms with Gasteiger partial charge < -0.3 is 19.9 Å². The number of urea groups is 1. The summed E-state index contributed by atoms with van der Waals surface area (Å²) in [6, 6.07) is 14.6. The van der Waals surface area contributed by atoms with Crippen LogP contribution in [0.4, 0.5) is 10.5 Å². The molecular formula is C22H22N6O2. The van der Waals surface area contributed by atoms with E-state index >= 15 is 0 Å². The van der Waals surface area contributed by atoms with E-state index in [2.05, 4.69) is 20.6 Å². The number of hydrogen-bond acceptors (Lipinski definition) is 5. The summed E-state index contributed by atoms with van der Waals surface area (Å²) in [4.78, 5) is 25.5. The van der Waals surface area contributed by atoms with E-state index in [1.807, 2.05) is 47.9 Å². The van der Waals surface area contributed by atoms with Crippen LogP contribution >= 0.6 is 0 Å². The molecule has 0 saturated carbocycles. The van der Waals surface area contributed by atoms with Crippen molar-refractivity contribution in [2.24, 2.45) is 0 Å². The Morgan fingerprint density at radius 3 is 2.63 bits per heavy atom. The first-order valence-electron chi connectivity index (χ1n) is 9.74. The maximum atomic E-state index is 12.3. The molecule has 0 aliphatic heterocycles. The summed E-state index contributed by atoms with van der Waals surface area (Å²) in [6.45, 7) is 3.48. The number of imidazole rings is 1. The van der Waals surface area contributed by atoms with E-state index in [1.54, 1.807) is 30.7 Å². The molecule has 2 N–H and O–H groups in total.